The molecule has 140 valence electrons. The molecule has 1 fully saturated rings. The number of piperidine rings is 1. The van der Waals surface area contributed by atoms with Crippen LogP contribution in [0.5, 0.6) is 5.88 Å². The van der Waals surface area contributed by atoms with Gasteiger partial charge in [-0.1, -0.05) is 12.1 Å². The molecular weight excluding hydrogens is 328 g/mol. The van der Waals surface area contributed by atoms with Crippen molar-refractivity contribution in [2.75, 3.05) is 29.9 Å². The zero-order valence-electron chi connectivity index (χ0n) is 15.6. The predicted octanol–water partition coefficient (Wildman–Crippen LogP) is 3.08. The fourth-order valence-corrected chi connectivity index (χ4v) is 3.14. The molecule has 0 amide bonds. The molecule has 2 heterocycles. The van der Waals surface area contributed by atoms with Crippen molar-refractivity contribution in [2.45, 2.75) is 39.3 Å². The Labute approximate surface area is 155 Å². The quantitative estimate of drug-likeness (QED) is 0.794. The molecule has 1 saturated heterocycles. The van der Waals surface area contributed by atoms with Gasteiger partial charge < -0.3 is 20.1 Å². The zero-order chi connectivity index (χ0) is 18.4. The number of aromatic nitrogens is 2. The SMILES string of the molecule is CC(C)Oc1nccnc1NCc1ccc(N2CCC(CO)CC2)cc1. The van der Waals surface area contributed by atoms with Crippen LogP contribution in [0.1, 0.15) is 32.3 Å². The van der Waals surface area contributed by atoms with Gasteiger partial charge in [-0.15, -0.1) is 0 Å². The molecule has 1 aliphatic rings. The third-order valence-corrected chi connectivity index (χ3v) is 4.65. The van der Waals surface area contributed by atoms with E-state index in [4.69, 9.17) is 4.74 Å². The van der Waals surface area contributed by atoms with Gasteiger partial charge in [0.05, 0.1) is 6.10 Å². The van der Waals surface area contributed by atoms with E-state index in [1.54, 1.807) is 12.4 Å². The molecule has 1 aliphatic heterocycles. The first-order valence-electron chi connectivity index (χ1n) is 9.32. The number of aliphatic hydroxyl groups excluding tert-OH is 1. The second-order valence-electron chi connectivity index (χ2n) is 7.01. The van der Waals surface area contributed by atoms with Crippen LogP contribution in [0, 0.1) is 5.92 Å². The lowest BCUT2D eigenvalue weighted by molar-refractivity contribution is 0.203. The van der Waals surface area contributed by atoms with E-state index >= 15 is 0 Å². The van der Waals surface area contributed by atoms with Gasteiger partial charge in [-0.2, -0.15) is 0 Å². The van der Waals surface area contributed by atoms with Gasteiger partial charge in [-0.3, -0.25) is 0 Å². The fraction of sp³-hybridized carbons (Fsp3) is 0.500. The first-order chi connectivity index (χ1) is 12.7. The summed E-state index contributed by atoms with van der Waals surface area (Å²) in [7, 11) is 0. The number of aliphatic hydroxyl groups is 1. The van der Waals surface area contributed by atoms with Crippen LogP contribution in [-0.4, -0.2) is 40.9 Å². The number of rotatable bonds is 7. The molecule has 0 aliphatic carbocycles. The van der Waals surface area contributed by atoms with Crippen molar-refractivity contribution in [1.82, 2.24) is 9.97 Å². The monoisotopic (exact) mass is 356 g/mol. The second kappa shape index (κ2) is 8.85. The van der Waals surface area contributed by atoms with E-state index in [9.17, 15) is 5.11 Å². The summed E-state index contributed by atoms with van der Waals surface area (Å²) >= 11 is 0. The molecule has 0 bridgehead atoms. The summed E-state index contributed by atoms with van der Waals surface area (Å²) in [6.45, 7) is 6.95. The van der Waals surface area contributed by atoms with Crippen LogP contribution in [-0.2, 0) is 6.54 Å². The van der Waals surface area contributed by atoms with Crippen molar-refractivity contribution in [2.24, 2.45) is 5.92 Å². The Morgan fingerprint density at radius 3 is 2.50 bits per heavy atom. The number of benzene rings is 1. The summed E-state index contributed by atoms with van der Waals surface area (Å²) in [6.07, 6.45) is 5.48. The normalized spacial score (nSPS) is 15.3. The Bertz CT molecular complexity index is 682. The highest BCUT2D eigenvalue weighted by Gasteiger charge is 2.18. The Morgan fingerprint density at radius 1 is 1.15 bits per heavy atom. The maximum absolute atomic E-state index is 9.26. The van der Waals surface area contributed by atoms with Crippen LogP contribution in [0.3, 0.4) is 0 Å². The number of nitrogens with zero attached hydrogens (tertiary/aromatic N) is 3. The molecule has 0 unspecified atom stereocenters. The summed E-state index contributed by atoms with van der Waals surface area (Å²) in [6, 6.07) is 8.61. The molecule has 1 aromatic carbocycles. The van der Waals surface area contributed by atoms with E-state index in [0.717, 1.165) is 25.9 Å². The first-order valence-corrected chi connectivity index (χ1v) is 9.32. The Balaban J connectivity index is 1.57. The third kappa shape index (κ3) is 4.85. The van der Waals surface area contributed by atoms with E-state index in [1.165, 1.54) is 11.3 Å². The molecular formula is C20H28N4O2. The zero-order valence-corrected chi connectivity index (χ0v) is 15.6. The summed E-state index contributed by atoms with van der Waals surface area (Å²) in [5, 5.41) is 12.6. The van der Waals surface area contributed by atoms with Gasteiger partial charge in [-0.25, -0.2) is 9.97 Å². The van der Waals surface area contributed by atoms with Crippen LogP contribution < -0.4 is 15.0 Å². The van der Waals surface area contributed by atoms with Crippen LogP contribution in [0.15, 0.2) is 36.7 Å². The maximum atomic E-state index is 9.26. The average molecular weight is 356 g/mol. The minimum absolute atomic E-state index is 0.0570. The van der Waals surface area contributed by atoms with Crippen LogP contribution in [0.25, 0.3) is 0 Å². The highest BCUT2D eigenvalue weighted by atomic mass is 16.5. The number of anilines is 2. The summed E-state index contributed by atoms with van der Waals surface area (Å²) < 4.78 is 5.69. The lowest BCUT2D eigenvalue weighted by atomic mass is 9.97. The smallest absolute Gasteiger partial charge is 0.257 e. The van der Waals surface area contributed by atoms with Crippen LogP contribution >= 0.6 is 0 Å². The van der Waals surface area contributed by atoms with Gasteiger partial charge in [0.25, 0.3) is 5.88 Å². The number of nitrogens with one attached hydrogen (secondary N) is 1. The molecule has 2 N–H and O–H groups in total. The van der Waals surface area contributed by atoms with Crippen molar-refractivity contribution in [3.63, 3.8) is 0 Å². The number of ether oxygens (including phenoxy) is 1. The Hall–Kier alpha value is -2.34. The topological polar surface area (TPSA) is 70.5 Å². The van der Waals surface area contributed by atoms with Gasteiger partial charge in [0, 0.05) is 44.3 Å². The minimum Gasteiger partial charge on any atom is -0.472 e. The molecule has 0 saturated carbocycles. The fourth-order valence-electron chi connectivity index (χ4n) is 3.14. The van der Waals surface area contributed by atoms with Gasteiger partial charge >= 0.3 is 0 Å². The second-order valence-corrected chi connectivity index (χ2v) is 7.01. The minimum atomic E-state index is 0.0570. The van der Waals surface area contributed by atoms with Gasteiger partial charge in [0.2, 0.25) is 0 Å². The van der Waals surface area contributed by atoms with Gasteiger partial charge in [0.15, 0.2) is 5.82 Å². The van der Waals surface area contributed by atoms with Crippen LogP contribution in [0.2, 0.25) is 0 Å². The molecule has 6 nitrogen and oxygen atoms in total. The van der Waals surface area contributed by atoms with E-state index in [0.29, 0.717) is 30.8 Å². The van der Waals surface area contributed by atoms with Crippen molar-refractivity contribution >= 4 is 11.5 Å². The van der Waals surface area contributed by atoms with Crippen molar-refractivity contribution in [3.8, 4) is 5.88 Å². The summed E-state index contributed by atoms with van der Waals surface area (Å²) in [5.74, 6) is 1.66. The van der Waals surface area contributed by atoms with E-state index in [1.807, 2.05) is 13.8 Å². The largest absolute Gasteiger partial charge is 0.472 e. The number of hydrogen-bond donors (Lipinski definition) is 2. The van der Waals surface area contributed by atoms with E-state index < -0.39 is 0 Å². The Morgan fingerprint density at radius 2 is 1.85 bits per heavy atom. The molecule has 26 heavy (non-hydrogen) atoms. The molecule has 0 spiro atoms. The molecule has 1 aromatic heterocycles. The molecule has 0 atom stereocenters. The van der Waals surface area contributed by atoms with Gasteiger partial charge in [-0.05, 0) is 50.3 Å². The summed E-state index contributed by atoms with van der Waals surface area (Å²) in [4.78, 5) is 11.0. The molecule has 0 radical (unpaired) electrons. The lowest BCUT2D eigenvalue weighted by Gasteiger charge is -2.33. The number of hydrogen-bond acceptors (Lipinski definition) is 6. The highest BCUT2D eigenvalue weighted by molar-refractivity contribution is 5.49. The molecule has 3 rings (SSSR count). The molecule has 2 aromatic rings. The predicted molar refractivity (Wildman–Crippen MR) is 104 cm³/mol. The first kappa shape index (κ1) is 18.5. The lowest BCUT2D eigenvalue weighted by Crippen LogP contribution is -2.34. The standard InChI is InChI=1S/C20H28N4O2/c1-15(2)26-20-19(21-9-10-22-20)23-13-16-3-5-18(6-4-16)24-11-7-17(14-25)8-12-24/h3-6,9-10,15,17,25H,7-8,11-14H2,1-2H3,(H,21,23). The van der Waals surface area contributed by atoms with E-state index in [-0.39, 0.29) is 6.10 Å². The third-order valence-electron chi connectivity index (χ3n) is 4.65. The molecule has 6 heteroatoms. The summed E-state index contributed by atoms with van der Waals surface area (Å²) in [5.41, 5.74) is 2.42. The van der Waals surface area contributed by atoms with E-state index in [2.05, 4.69) is 44.5 Å². The van der Waals surface area contributed by atoms with Crippen molar-refractivity contribution < 1.29 is 9.84 Å². The van der Waals surface area contributed by atoms with Crippen molar-refractivity contribution in [3.05, 3.63) is 42.2 Å². The van der Waals surface area contributed by atoms with Crippen molar-refractivity contribution in [1.29, 1.82) is 0 Å². The van der Waals surface area contributed by atoms with Crippen LogP contribution in [0.4, 0.5) is 11.5 Å². The maximum Gasteiger partial charge on any atom is 0.257 e. The highest BCUT2D eigenvalue weighted by Crippen LogP contribution is 2.24. The van der Waals surface area contributed by atoms with Gasteiger partial charge in [0.1, 0.15) is 0 Å². The Kier molecular flexibility index (Phi) is 6.28. The average Bonchev–Trinajstić information content (AvgIpc) is 2.67.